The van der Waals surface area contributed by atoms with Crippen molar-refractivity contribution in [3.8, 4) is 17.3 Å². The Bertz CT molecular complexity index is 900. The maximum atomic E-state index is 12.5. The van der Waals surface area contributed by atoms with Crippen LogP contribution in [0.15, 0.2) is 54.6 Å². The van der Waals surface area contributed by atoms with Crippen molar-refractivity contribution in [3.63, 3.8) is 0 Å². The molecule has 26 heavy (non-hydrogen) atoms. The molecular formula is C20H20N2O4. The van der Waals surface area contributed by atoms with Gasteiger partial charge in [-0.05, 0) is 37.3 Å². The molecule has 0 saturated heterocycles. The van der Waals surface area contributed by atoms with Gasteiger partial charge in [-0.2, -0.15) is 5.10 Å². The molecule has 0 spiro atoms. The number of ether oxygens (including phenoxy) is 3. The summed E-state index contributed by atoms with van der Waals surface area (Å²) in [6.45, 7) is 2.33. The highest BCUT2D eigenvalue weighted by molar-refractivity contribution is 5.91. The molecule has 0 fully saturated rings. The standard InChI is InChI=1S/C20H20N2O4/c1-14-7-9-17(10-8-14)22-19(12-16(21-22)13-24-2)26-20(23)15-5-4-6-18(11-15)25-3/h4-12H,13H2,1-3H3. The molecule has 0 bridgehead atoms. The van der Waals surface area contributed by atoms with Gasteiger partial charge in [0.25, 0.3) is 0 Å². The predicted molar refractivity (Wildman–Crippen MR) is 97.0 cm³/mol. The van der Waals surface area contributed by atoms with Crippen LogP contribution in [-0.2, 0) is 11.3 Å². The van der Waals surface area contributed by atoms with Crippen molar-refractivity contribution >= 4 is 5.97 Å². The Labute approximate surface area is 151 Å². The number of rotatable bonds is 6. The minimum Gasteiger partial charge on any atom is -0.497 e. The maximum Gasteiger partial charge on any atom is 0.344 e. The first-order valence-electron chi connectivity index (χ1n) is 8.12. The fourth-order valence-corrected chi connectivity index (χ4v) is 2.48. The summed E-state index contributed by atoms with van der Waals surface area (Å²) >= 11 is 0. The number of carbonyl (C=O) groups excluding carboxylic acids is 1. The van der Waals surface area contributed by atoms with Crippen LogP contribution in [0.2, 0.25) is 0 Å². The normalized spacial score (nSPS) is 10.6. The van der Waals surface area contributed by atoms with E-state index in [1.165, 1.54) is 0 Å². The second-order valence-corrected chi connectivity index (χ2v) is 5.78. The van der Waals surface area contributed by atoms with Gasteiger partial charge >= 0.3 is 5.97 Å². The van der Waals surface area contributed by atoms with Gasteiger partial charge in [-0.25, -0.2) is 9.48 Å². The van der Waals surface area contributed by atoms with E-state index >= 15 is 0 Å². The topological polar surface area (TPSA) is 62.6 Å². The van der Waals surface area contributed by atoms with Gasteiger partial charge in [0.1, 0.15) is 5.75 Å². The van der Waals surface area contributed by atoms with E-state index in [1.54, 1.807) is 49.2 Å². The van der Waals surface area contributed by atoms with Crippen LogP contribution in [0.1, 0.15) is 21.6 Å². The van der Waals surface area contributed by atoms with E-state index in [0.29, 0.717) is 29.5 Å². The lowest BCUT2D eigenvalue weighted by atomic mass is 10.2. The summed E-state index contributed by atoms with van der Waals surface area (Å²) in [5.41, 5.74) is 3.00. The lowest BCUT2D eigenvalue weighted by Crippen LogP contribution is -2.12. The third-order valence-corrected chi connectivity index (χ3v) is 3.80. The zero-order chi connectivity index (χ0) is 18.5. The molecular weight excluding hydrogens is 332 g/mol. The Morgan fingerprint density at radius 2 is 1.85 bits per heavy atom. The van der Waals surface area contributed by atoms with Crippen molar-refractivity contribution < 1.29 is 19.0 Å². The van der Waals surface area contributed by atoms with E-state index in [9.17, 15) is 4.79 Å². The smallest absolute Gasteiger partial charge is 0.344 e. The molecule has 1 aromatic heterocycles. The van der Waals surface area contributed by atoms with Crippen LogP contribution in [0.5, 0.6) is 11.6 Å². The molecule has 0 atom stereocenters. The van der Waals surface area contributed by atoms with E-state index in [-0.39, 0.29) is 0 Å². The molecule has 3 aromatic rings. The largest absolute Gasteiger partial charge is 0.497 e. The summed E-state index contributed by atoms with van der Waals surface area (Å²) in [6.07, 6.45) is 0. The number of nitrogens with zero attached hydrogens (tertiary/aromatic N) is 2. The Kier molecular flexibility index (Phi) is 5.34. The monoisotopic (exact) mass is 352 g/mol. The van der Waals surface area contributed by atoms with Crippen molar-refractivity contribution in [1.29, 1.82) is 0 Å². The second-order valence-electron chi connectivity index (χ2n) is 5.78. The summed E-state index contributed by atoms with van der Waals surface area (Å²) in [6, 6.07) is 16.3. The average Bonchev–Trinajstić information content (AvgIpc) is 3.05. The number of carbonyl (C=O) groups is 1. The van der Waals surface area contributed by atoms with Crippen LogP contribution in [0.25, 0.3) is 5.69 Å². The Morgan fingerprint density at radius 3 is 2.54 bits per heavy atom. The third kappa shape index (κ3) is 3.92. The van der Waals surface area contributed by atoms with Gasteiger partial charge in [0.2, 0.25) is 5.88 Å². The third-order valence-electron chi connectivity index (χ3n) is 3.80. The van der Waals surface area contributed by atoms with E-state index in [2.05, 4.69) is 5.10 Å². The highest BCUT2D eigenvalue weighted by Crippen LogP contribution is 2.22. The first-order chi connectivity index (χ1) is 12.6. The molecule has 6 heteroatoms. The zero-order valence-electron chi connectivity index (χ0n) is 14.9. The van der Waals surface area contributed by atoms with Gasteiger partial charge in [-0.1, -0.05) is 23.8 Å². The minimum atomic E-state index is -0.485. The lowest BCUT2D eigenvalue weighted by Gasteiger charge is -2.09. The second kappa shape index (κ2) is 7.84. The number of aryl methyl sites for hydroxylation is 1. The Hall–Kier alpha value is -3.12. The van der Waals surface area contributed by atoms with Gasteiger partial charge in [0.05, 0.1) is 30.7 Å². The van der Waals surface area contributed by atoms with Crippen molar-refractivity contribution in [2.75, 3.05) is 14.2 Å². The number of aromatic nitrogens is 2. The van der Waals surface area contributed by atoms with Gasteiger partial charge in [-0.3, -0.25) is 0 Å². The van der Waals surface area contributed by atoms with Gasteiger partial charge in [0, 0.05) is 13.2 Å². The molecule has 0 radical (unpaired) electrons. The SMILES string of the molecule is COCc1cc(OC(=O)c2cccc(OC)c2)n(-c2ccc(C)cc2)n1. The summed E-state index contributed by atoms with van der Waals surface area (Å²) < 4.78 is 17.5. The van der Waals surface area contributed by atoms with E-state index in [4.69, 9.17) is 14.2 Å². The van der Waals surface area contributed by atoms with Gasteiger partial charge in [-0.15, -0.1) is 0 Å². The molecule has 3 rings (SSSR count). The van der Waals surface area contributed by atoms with Crippen LogP contribution in [0.4, 0.5) is 0 Å². The van der Waals surface area contributed by atoms with Crippen molar-refractivity contribution in [3.05, 3.63) is 71.4 Å². The molecule has 0 amide bonds. The highest BCUT2D eigenvalue weighted by atomic mass is 16.5. The Morgan fingerprint density at radius 1 is 1.08 bits per heavy atom. The van der Waals surface area contributed by atoms with Crippen LogP contribution in [0, 0.1) is 6.92 Å². The summed E-state index contributed by atoms with van der Waals surface area (Å²) in [4.78, 5) is 12.5. The molecule has 0 N–H and O–H groups in total. The van der Waals surface area contributed by atoms with Gasteiger partial charge in [0.15, 0.2) is 0 Å². The molecule has 1 heterocycles. The quantitative estimate of drug-likeness (QED) is 0.635. The number of methoxy groups -OCH3 is 2. The van der Waals surface area contributed by atoms with Gasteiger partial charge < -0.3 is 14.2 Å². The number of hydrogen-bond donors (Lipinski definition) is 0. The number of hydrogen-bond acceptors (Lipinski definition) is 5. The Balaban J connectivity index is 1.92. The number of benzene rings is 2. The summed E-state index contributed by atoms with van der Waals surface area (Å²) in [5, 5.41) is 4.47. The molecule has 134 valence electrons. The number of esters is 1. The predicted octanol–water partition coefficient (Wildman–Crippen LogP) is 3.55. The zero-order valence-corrected chi connectivity index (χ0v) is 14.9. The van der Waals surface area contributed by atoms with Crippen LogP contribution >= 0.6 is 0 Å². The molecule has 0 saturated carbocycles. The molecule has 0 aliphatic rings. The van der Waals surface area contributed by atoms with E-state index in [1.807, 2.05) is 31.2 Å². The van der Waals surface area contributed by atoms with Crippen LogP contribution in [0.3, 0.4) is 0 Å². The van der Waals surface area contributed by atoms with E-state index in [0.717, 1.165) is 11.3 Å². The first-order valence-corrected chi connectivity index (χ1v) is 8.12. The highest BCUT2D eigenvalue weighted by Gasteiger charge is 2.16. The fraction of sp³-hybridized carbons (Fsp3) is 0.200. The van der Waals surface area contributed by atoms with Crippen molar-refractivity contribution in [2.45, 2.75) is 13.5 Å². The molecule has 2 aromatic carbocycles. The maximum absolute atomic E-state index is 12.5. The molecule has 0 unspecified atom stereocenters. The fourth-order valence-electron chi connectivity index (χ4n) is 2.48. The molecule has 0 aliphatic carbocycles. The first kappa shape index (κ1) is 17.7. The van der Waals surface area contributed by atoms with E-state index < -0.39 is 5.97 Å². The van der Waals surface area contributed by atoms with Crippen LogP contribution in [-0.4, -0.2) is 30.0 Å². The minimum absolute atomic E-state index is 0.322. The van der Waals surface area contributed by atoms with Crippen molar-refractivity contribution in [1.82, 2.24) is 9.78 Å². The average molecular weight is 352 g/mol. The van der Waals surface area contributed by atoms with Crippen molar-refractivity contribution in [2.24, 2.45) is 0 Å². The summed E-state index contributed by atoms with van der Waals surface area (Å²) in [7, 11) is 3.14. The molecule has 0 aliphatic heterocycles. The lowest BCUT2D eigenvalue weighted by molar-refractivity contribution is 0.0722. The molecule has 6 nitrogen and oxygen atoms in total. The van der Waals surface area contributed by atoms with Crippen LogP contribution < -0.4 is 9.47 Å². The summed E-state index contributed by atoms with van der Waals surface area (Å²) in [5.74, 6) is 0.432.